The summed E-state index contributed by atoms with van der Waals surface area (Å²) in [7, 11) is 0. The molecule has 0 saturated heterocycles. The maximum absolute atomic E-state index is 4.37. The predicted molar refractivity (Wildman–Crippen MR) is 86.4 cm³/mol. The lowest BCUT2D eigenvalue weighted by atomic mass is 10.2. The van der Waals surface area contributed by atoms with Crippen LogP contribution in [0.2, 0.25) is 0 Å². The first-order chi connectivity index (χ1) is 9.47. The molecule has 0 spiro atoms. The number of aryl methyl sites for hydroxylation is 2. The van der Waals surface area contributed by atoms with Crippen molar-refractivity contribution >= 4 is 11.3 Å². The van der Waals surface area contributed by atoms with Gasteiger partial charge in [0, 0.05) is 28.5 Å². The van der Waals surface area contributed by atoms with E-state index in [1.807, 2.05) is 17.7 Å². The molecule has 4 heteroatoms. The molecule has 0 aliphatic carbocycles. The Labute approximate surface area is 126 Å². The van der Waals surface area contributed by atoms with E-state index in [9.17, 15) is 0 Å². The molecule has 110 valence electrons. The van der Waals surface area contributed by atoms with Gasteiger partial charge in [-0.2, -0.15) is 0 Å². The van der Waals surface area contributed by atoms with Crippen molar-refractivity contribution in [1.29, 1.82) is 0 Å². The largest absolute Gasteiger partial charge is 0.330 e. The van der Waals surface area contributed by atoms with Crippen LogP contribution in [0.3, 0.4) is 0 Å². The van der Waals surface area contributed by atoms with Gasteiger partial charge in [0.25, 0.3) is 0 Å². The molecule has 0 aliphatic heterocycles. The Hall–Kier alpha value is -1.13. The molecule has 0 unspecified atom stereocenters. The first-order valence-electron chi connectivity index (χ1n) is 7.24. The van der Waals surface area contributed by atoms with Crippen molar-refractivity contribution in [3.63, 3.8) is 0 Å². The highest BCUT2D eigenvalue weighted by atomic mass is 32.1. The topological polar surface area (TPSA) is 29.9 Å². The molecule has 0 atom stereocenters. The van der Waals surface area contributed by atoms with Crippen LogP contribution in [-0.2, 0) is 13.1 Å². The van der Waals surface area contributed by atoms with E-state index < -0.39 is 0 Å². The second-order valence-electron chi connectivity index (χ2n) is 5.86. The normalized spacial score (nSPS) is 11.5. The summed E-state index contributed by atoms with van der Waals surface area (Å²) in [5, 5.41) is 3.51. The van der Waals surface area contributed by atoms with Gasteiger partial charge >= 0.3 is 0 Å². The average molecular weight is 291 g/mol. The number of imidazole rings is 1. The van der Waals surface area contributed by atoms with E-state index in [1.165, 1.54) is 21.0 Å². The Bertz CT molecular complexity index is 566. The van der Waals surface area contributed by atoms with Crippen LogP contribution in [0.15, 0.2) is 12.4 Å². The van der Waals surface area contributed by atoms with Crippen LogP contribution >= 0.6 is 11.3 Å². The highest BCUT2D eigenvalue weighted by Crippen LogP contribution is 2.23. The van der Waals surface area contributed by atoms with Gasteiger partial charge in [-0.15, -0.1) is 11.3 Å². The molecule has 0 fully saturated rings. The first-order valence-corrected chi connectivity index (χ1v) is 8.06. The van der Waals surface area contributed by atoms with Crippen LogP contribution in [-0.4, -0.2) is 16.1 Å². The number of rotatable bonds is 6. The van der Waals surface area contributed by atoms with Crippen LogP contribution in [0.1, 0.15) is 40.6 Å². The third kappa shape index (κ3) is 3.70. The summed E-state index contributed by atoms with van der Waals surface area (Å²) in [6.45, 7) is 13.9. The Morgan fingerprint density at radius 3 is 2.65 bits per heavy atom. The molecular formula is C16H25N3S. The fourth-order valence-corrected chi connectivity index (χ4v) is 3.23. The summed E-state index contributed by atoms with van der Waals surface area (Å²) in [6.07, 6.45) is 1.94. The molecule has 2 heterocycles. The van der Waals surface area contributed by atoms with Crippen molar-refractivity contribution < 1.29 is 0 Å². The Balaban J connectivity index is 2.02. The second-order valence-corrected chi connectivity index (χ2v) is 7.20. The minimum atomic E-state index is 0.701. The van der Waals surface area contributed by atoms with Gasteiger partial charge < -0.3 is 9.88 Å². The van der Waals surface area contributed by atoms with E-state index in [4.69, 9.17) is 0 Å². The van der Waals surface area contributed by atoms with Crippen molar-refractivity contribution in [2.75, 3.05) is 6.54 Å². The van der Waals surface area contributed by atoms with Crippen LogP contribution in [0.4, 0.5) is 0 Å². The number of hydrogen-bond donors (Lipinski definition) is 1. The SMILES string of the molecule is Cc1ncn(Cc2cc(CNCC(C)C)sc2C)c1C. The van der Waals surface area contributed by atoms with Gasteiger partial charge in [0.2, 0.25) is 0 Å². The first kappa shape index (κ1) is 15.3. The maximum Gasteiger partial charge on any atom is 0.0954 e. The Kier molecular flexibility index (Phi) is 5.00. The molecule has 3 nitrogen and oxygen atoms in total. The highest BCUT2D eigenvalue weighted by molar-refractivity contribution is 7.12. The lowest BCUT2D eigenvalue weighted by molar-refractivity contribution is 0.554. The fourth-order valence-electron chi connectivity index (χ4n) is 2.20. The lowest BCUT2D eigenvalue weighted by Crippen LogP contribution is -2.18. The number of thiophene rings is 1. The van der Waals surface area contributed by atoms with Crippen molar-refractivity contribution in [1.82, 2.24) is 14.9 Å². The van der Waals surface area contributed by atoms with Crippen molar-refractivity contribution in [3.05, 3.63) is 39.1 Å². The summed E-state index contributed by atoms with van der Waals surface area (Å²) in [5.74, 6) is 0.701. The summed E-state index contributed by atoms with van der Waals surface area (Å²) in [4.78, 5) is 7.21. The molecule has 0 aliphatic rings. The fraction of sp³-hybridized carbons (Fsp3) is 0.562. The highest BCUT2D eigenvalue weighted by Gasteiger charge is 2.08. The van der Waals surface area contributed by atoms with E-state index in [0.29, 0.717) is 5.92 Å². The third-order valence-electron chi connectivity index (χ3n) is 3.61. The zero-order valence-corrected chi connectivity index (χ0v) is 14.0. The second kappa shape index (κ2) is 6.55. The zero-order chi connectivity index (χ0) is 14.7. The number of nitrogens with zero attached hydrogens (tertiary/aromatic N) is 2. The maximum atomic E-state index is 4.37. The van der Waals surface area contributed by atoms with Crippen LogP contribution in [0.5, 0.6) is 0 Å². The minimum absolute atomic E-state index is 0.701. The van der Waals surface area contributed by atoms with Gasteiger partial charge in [-0.1, -0.05) is 13.8 Å². The van der Waals surface area contributed by atoms with E-state index in [1.54, 1.807) is 0 Å². The molecule has 0 amide bonds. The van der Waals surface area contributed by atoms with Crippen LogP contribution < -0.4 is 5.32 Å². The Morgan fingerprint density at radius 1 is 1.30 bits per heavy atom. The van der Waals surface area contributed by atoms with Crippen molar-refractivity contribution in [3.8, 4) is 0 Å². The standard InChI is InChI=1S/C16H25N3S/c1-11(2)7-17-8-16-6-15(14(5)20-16)9-19-10-18-12(3)13(19)4/h6,10-11,17H,7-9H2,1-5H3. The molecule has 2 aromatic rings. The summed E-state index contributed by atoms with van der Waals surface area (Å²) in [6, 6.07) is 2.34. The third-order valence-corrected chi connectivity index (χ3v) is 4.70. The van der Waals surface area contributed by atoms with Crippen LogP contribution in [0.25, 0.3) is 0 Å². The number of nitrogens with one attached hydrogen (secondary N) is 1. The molecule has 20 heavy (non-hydrogen) atoms. The van der Waals surface area contributed by atoms with Crippen LogP contribution in [0, 0.1) is 26.7 Å². The van der Waals surface area contributed by atoms with Gasteiger partial charge in [-0.25, -0.2) is 4.98 Å². The van der Waals surface area contributed by atoms with Gasteiger partial charge in [0.05, 0.1) is 12.0 Å². The minimum Gasteiger partial charge on any atom is -0.330 e. The van der Waals surface area contributed by atoms with Gasteiger partial charge in [0.1, 0.15) is 0 Å². The predicted octanol–water partition coefficient (Wildman–Crippen LogP) is 3.66. The van der Waals surface area contributed by atoms with E-state index >= 15 is 0 Å². The molecule has 0 saturated carbocycles. The molecule has 0 bridgehead atoms. The lowest BCUT2D eigenvalue weighted by Gasteiger charge is -2.05. The van der Waals surface area contributed by atoms with Gasteiger partial charge in [0.15, 0.2) is 0 Å². The summed E-state index contributed by atoms with van der Waals surface area (Å²) in [5.41, 5.74) is 3.80. The summed E-state index contributed by atoms with van der Waals surface area (Å²) < 4.78 is 2.23. The average Bonchev–Trinajstić information content (AvgIpc) is 2.87. The molecular weight excluding hydrogens is 266 g/mol. The number of hydrogen-bond acceptors (Lipinski definition) is 3. The van der Waals surface area contributed by atoms with E-state index in [-0.39, 0.29) is 0 Å². The molecule has 1 N–H and O–H groups in total. The van der Waals surface area contributed by atoms with E-state index in [0.717, 1.165) is 25.3 Å². The van der Waals surface area contributed by atoms with E-state index in [2.05, 4.69) is 55.6 Å². The molecule has 0 radical (unpaired) electrons. The molecule has 2 rings (SSSR count). The van der Waals surface area contributed by atoms with Crippen molar-refractivity contribution in [2.24, 2.45) is 5.92 Å². The zero-order valence-electron chi connectivity index (χ0n) is 13.2. The van der Waals surface area contributed by atoms with Gasteiger partial charge in [-0.3, -0.25) is 0 Å². The van der Waals surface area contributed by atoms with Gasteiger partial charge in [-0.05, 0) is 44.9 Å². The number of aromatic nitrogens is 2. The Morgan fingerprint density at radius 2 is 2.05 bits per heavy atom. The van der Waals surface area contributed by atoms with Crippen molar-refractivity contribution in [2.45, 2.75) is 47.7 Å². The monoisotopic (exact) mass is 291 g/mol. The summed E-state index contributed by atoms with van der Waals surface area (Å²) >= 11 is 1.90. The molecule has 2 aromatic heterocycles. The quantitative estimate of drug-likeness (QED) is 0.880. The molecule has 0 aromatic carbocycles. The smallest absolute Gasteiger partial charge is 0.0954 e.